The Bertz CT molecular complexity index is 486. The van der Waals surface area contributed by atoms with Crippen LogP contribution in [0.1, 0.15) is 24.8 Å². The smallest absolute Gasteiger partial charge is 0.235 e. The molecule has 0 aliphatic heterocycles. The van der Waals surface area contributed by atoms with E-state index in [1.54, 1.807) is 19.5 Å². The van der Waals surface area contributed by atoms with Gasteiger partial charge in [0.25, 0.3) is 0 Å². The second-order valence-corrected chi connectivity index (χ2v) is 5.23. The van der Waals surface area contributed by atoms with Gasteiger partial charge in [-0.1, -0.05) is 6.07 Å². The Kier molecular flexibility index (Phi) is 5.27. The molecule has 0 aromatic carbocycles. The zero-order valence-corrected chi connectivity index (χ0v) is 12.2. The van der Waals surface area contributed by atoms with Crippen molar-refractivity contribution >= 4 is 11.8 Å². The highest BCUT2D eigenvalue weighted by atomic mass is 16.5. The van der Waals surface area contributed by atoms with Crippen LogP contribution in [0, 0.1) is 5.41 Å². The Balaban J connectivity index is 1.79. The van der Waals surface area contributed by atoms with Crippen LogP contribution < -0.4 is 10.6 Å². The van der Waals surface area contributed by atoms with E-state index in [4.69, 9.17) is 4.74 Å². The van der Waals surface area contributed by atoms with Crippen LogP contribution in [0.15, 0.2) is 24.5 Å². The fourth-order valence-electron chi connectivity index (χ4n) is 2.12. The minimum atomic E-state index is -0.866. The van der Waals surface area contributed by atoms with E-state index >= 15 is 0 Å². The van der Waals surface area contributed by atoms with Crippen LogP contribution in [-0.2, 0) is 20.9 Å². The van der Waals surface area contributed by atoms with Gasteiger partial charge in [0.1, 0.15) is 5.41 Å². The van der Waals surface area contributed by atoms with Crippen molar-refractivity contribution in [3.63, 3.8) is 0 Å². The van der Waals surface area contributed by atoms with Gasteiger partial charge in [-0.15, -0.1) is 0 Å². The zero-order valence-electron chi connectivity index (χ0n) is 12.2. The number of pyridine rings is 1. The molecule has 0 spiro atoms. The van der Waals surface area contributed by atoms with Crippen LogP contribution in [-0.4, -0.2) is 37.1 Å². The number of nitrogens with one attached hydrogen (secondary N) is 2. The van der Waals surface area contributed by atoms with Crippen LogP contribution in [0.5, 0.6) is 0 Å². The number of aromatic nitrogens is 1. The predicted octanol–water partition coefficient (Wildman–Crippen LogP) is 0.631. The first-order chi connectivity index (χ1) is 10.2. The third-order valence-corrected chi connectivity index (χ3v) is 3.61. The van der Waals surface area contributed by atoms with Crippen molar-refractivity contribution < 1.29 is 14.3 Å². The summed E-state index contributed by atoms with van der Waals surface area (Å²) in [5.41, 5.74) is 0.0529. The molecule has 0 bridgehead atoms. The summed E-state index contributed by atoms with van der Waals surface area (Å²) in [6, 6.07) is 3.70. The summed E-state index contributed by atoms with van der Waals surface area (Å²) in [7, 11) is 1.62. The number of hydrogen-bond donors (Lipinski definition) is 2. The predicted molar refractivity (Wildman–Crippen MR) is 77.3 cm³/mol. The minimum Gasteiger partial charge on any atom is -0.385 e. The van der Waals surface area contributed by atoms with Gasteiger partial charge < -0.3 is 15.4 Å². The molecule has 1 aliphatic rings. The van der Waals surface area contributed by atoms with Gasteiger partial charge in [0.05, 0.1) is 0 Å². The maximum Gasteiger partial charge on any atom is 0.235 e. The Morgan fingerprint density at radius 2 is 2.10 bits per heavy atom. The second kappa shape index (κ2) is 7.17. The van der Waals surface area contributed by atoms with Gasteiger partial charge >= 0.3 is 0 Å². The third-order valence-electron chi connectivity index (χ3n) is 3.61. The molecule has 114 valence electrons. The highest BCUT2D eigenvalue weighted by molar-refractivity contribution is 6.07. The fraction of sp³-hybridized carbons (Fsp3) is 0.533. The van der Waals surface area contributed by atoms with Crippen molar-refractivity contribution in [2.45, 2.75) is 25.8 Å². The van der Waals surface area contributed by atoms with Gasteiger partial charge in [0, 0.05) is 39.2 Å². The van der Waals surface area contributed by atoms with E-state index in [-0.39, 0.29) is 11.8 Å². The number of rotatable bonds is 8. The molecule has 0 saturated heterocycles. The maximum absolute atomic E-state index is 12.2. The summed E-state index contributed by atoms with van der Waals surface area (Å²) in [4.78, 5) is 28.3. The van der Waals surface area contributed by atoms with Gasteiger partial charge in [-0.2, -0.15) is 0 Å². The summed E-state index contributed by atoms with van der Waals surface area (Å²) in [6.45, 7) is 1.52. The first-order valence-corrected chi connectivity index (χ1v) is 7.13. The highest BCUT2D eigenvalue weighted by Crippen LogP contribution is 2.46. The number of amides is 2. The van der Waals surface area contributed by atoms with Crippen molar-refractivity contribution in [1.29, 1.82) is 0 Å². The molecule has 0 unspecified atom stereocenters. The van der Waals surface area contributed by atoms with E-state index in [1.807, 2.05) is 12.1 Å². The molecule has 0 atom stereocenters. The van der Waals surface area contributed by atoms with E-state index in [1.165, 1.54) is 0 Å². The van der Waals surface area contributed by atoms with Crippen molar-refractivity contribution in [1.82, 2.24) is 15.6 Å². The monoisotopic (exact) mass is 291 g/mol. The molecule has 1 fully saturated rings. The Labute approximate surface area is 124 Å². The lowest BCUT2D eigenvalue weighted by molar-refractivity contribution is -0.137. The number of carbonyl (C=O) groups excluding carboxylic acids is 2. The SMILES string of the molecule is COCCCNC(=O)C1(C(=O)NCc2cccnc2)CC1. The standard InChI is InChI=1S/C15H21N3O3/c1-21-9-3-8-17-13(19)15(5-6-15)14(20)18-11-12-4-2-7-16-10-12/h2,4,7,10H,3,5-6,8-9,11H2,1H3,(H,17,19)(H,18,20). The molecule has 1 aromatic heterocycles. The lowest BCUT2D eigenvalue weighted by Crippen LogP contribution is -2.43. The zero-order chi connectivity index (χ0) is 15.1. The van der Waals surface area contributed by atoms with Gasteiger partial charge in [0.15, 0.2) is 0 Å². The number of ether oxygens (including phenoxy) is 1. The van der Waals surface area contributed by atoms with Crippen molar-refractivity contribution in [3.05, 3.63) is 30.1 Å². The molecular formula is C15H21N3O3. The Hall–Kier alpha value is -1.95. The summed E-state index contributed by atoms with van der Waals surface area (Å²) in [5.74, 6) is -0.377. The average molecular weight is 291 g/mol. The van der Waals surface area contributed by atoms with Gasteiger partial charge in [-0.05, 0) is 30.9 Å². The van der Waals surface area contributed by atoms with E-state index in [9.17, 15) is 9.59 Å². The Morgan fingerprint density at radius 3 is 2.71 bits per heavy atom. The maximum atomic E-state index is 12.2. The van der Waals surface area contributed by atoms with Crippen molar-refractivity contribution in [2.24, 2.45) is 5.41 Å². The molecule has 6 nitrogen and oxygen atoms in total. The van der Waals surface area contributed by atoms with Crippen LogP contribution in [0.25, 0.3) is 0 Å². The minimum absolute atomic E-state index is 0.178. The van der Waals surface area contributed by atoms with Crippen LogP contribution in [0.4, 0.5) is 0 Å². The largest absolute Gasteiger partial charge is 0.385 e. The van der Waals surface area contributed by atoms with Crippen molar-refractivity contribution in [2.75, 3.05) is 20.3 Å². The molecule has 1 aliphatic carbocycles. The summed E-state index contributed by atoms with van der Waals surface area (Å²) in [5, 5.41) is 5.63. The molecule has 1 saturated carbocycles. The molecule has 1 heterocycles. The molecule has 21 heavy (non-hydrogen) atoms. The topological polar surface area (TPSA) is 80.3 Å². The van der Waals surface area contributed by atoms with Gasteiger partial charge in [0.2, 0.25) is 11.8 Å². The molecule has 2 amide bonds. The number of hydrogen-bond acceptors (Lipinski definition) is 4. The number of methoxy groups -OCH3 is 1. The number of carbonyl (C=O) groups is 2. The van der Waals surface area contributed by atoms with E-state index in [0.717, 1.165) is 12.0 Å². The third kappa shape index (κ3) is 4.01. The van der Waals surface area contributed by atoms with E-state index in [0.29, 0.717) is 32.5 Å². The van der Waals surface area contributed by atoms with E-state index < -0.39 is 5.41 Å². The number of nitrogens with zero attached hydrogens (tertiary/aromatic N) is 1. The van der Waals surface area contributed by atoms with Crippen LogP contribution in [0.3, 0.4) is 0 Å². The average Bonchev–Trinajstić information content (AvgIpc) is 3.32. The van der Waals surface area contributed by atoms with E-state index in [2.05, 4.69) is 15.6 Å². The molecule has 1 aromatic rings. The van der Waals surface area contributed by atoms with Crippen LogP contribution >= 0.6 is 0 Å². The second-order valence-electron chi connectivity index (χ2n) is 5.23. The summed E-state index contributed by atoms with van der Waals surface area (Å²) >= 11 is 0. The summed E-state index contributed by atoms with van der Waals surface area (Å²) in [6.07, 6.45) is 5.35. The molecule has 2 rings (SSSR count). The quantitative estimate of drug-likeness (QED) is 0.544. The molecular weight excluding hydrogens is 270 g/mol. The molecule has 2 N–H and O–H groups in total. The summed E-state index contributed by atoms with van der Waals surface area (Å²) < 4.78 is 4.92. The lowest BCUT2D eigenvalue weighted by atomic mass is 10.1. The highest BCUT2D eigenvalue weighted by Gasteiger charge is 2.56. The van der Waals surface area contributed by atoms with Crippen LogP contribution in [0.2, 0.25) is 0 Å². The first-order valence-electron chi connectivity index (χ1n) is 7.13. The van der Waals surface area contributed by atoms with Gasteiger partial charge in [-0.3, -0.25) is 14.6 Å². The fourth-order valence-corrected chi connectivity index (χ4v) is 2.12. The van der Waals surface area contributed by atoms with Crippen molar-refractivity contribution in [3.8, 4) is 0 Å². The molecule has 6 heteroatoms. The lowest BCUT2D eigenvalue weighted by Gasteiger charge is -2.15. The van der Waals surface area contributed by atoms with Gasteiger partial charge in [-0.25, -0.2) is 0 Å². The Morgan fingerprint density at radius 1 is 1.33 bits per heavy atom. The normalized spacial score (nSPS) is 15.3. The molecule has 0 radical (unpaired) electrons. The first kappa shape index (κ1) is 15.4.